The van der Waals surface area contributed by atoms with Gasteiger partial charge in [0, 0.05) is 30.3 Å². The van der Waals surface area contributed by atoms with Crippen LogP contribution in [0.15, 0.2) is 36.4 Å². The zero-order chi connectivity index (χ0) is 18.7. The molecule has 7 heteroatoms. The second-order valence-corrected chi connectivity index (χ2v) is 6.18. The van der Waals surface area contributed by atoms with Gasteiger partial charge in [0.05, 0.1) is 12.7 Å². The Balaban J connectivity index is 1.77. The summed E-state index contributed by atoms with van der Waals surface area (Å²) < 4.78 is 32.1. The van der Waals surface area contributed by atoms with Gasteiger partial charge in [-0.05, 0) is 36.7 Å². The molecule has 0 aromatic heterocycles. The lowest BCUT2D eigenvalue weighted by atomic mass is 10.0. The van der Waals surface area contributed by atoms with E-state index >= 15 is 0 Å². The summed E-state index contributed by atoms with van der Waals surface area (Å²) in [6.45, 7) is 1.96. The lowest BCUT2D eigenvalue weighted by Gasteiger charge is -2.33. The second-order valence-electron chi connectivity index (χ2n) is 6.18. The number of aromatic hydroxyl groups is 1. The molecule has 3 rings (SSSR count). The van der Waals surface area contributed by atoms with Gasteiger partial charge in [-0.3, -0.25) is 4.79 Å². The van der Waals surface area contributed by atoms with Crippen LogP contribution in [0, 0.1) is 11.6 Å². The molecule has 0 aliphatic carbocycles. The summed E-state index contributed by atoms with van der Waals surface area (Å²) in [6, 6.07) is 8.06. The van der Waals surface area contributed by atoms with Crippen LogP contribution in [0.4, 0.5) is 8.78 Å². The van der Waals surface area contributed by atoms with E-state index in [1.165, 1.54) is 0 Å². The third kappa shape index (κ3) is 3.84. The van der Waals surface area contributed by atoms with Crippen LogP contribution in [0.5, 0.6) is 5.75 Å². The quantitative estimate of drug-likeness (QED) is 0.876. The fourth-order valence-corrected chi connectivity index (χ4v) is 3.01. The highest BCUT2D eigenvalue weighted by Crippen LogP contribution is 2.31. The summed E-state index contributed by atoms with van der Waals surface area (Å²) in [5, 5.41) is 9.83. The van der Waals surface area contributed by atoms with E-state index < -0.39 is 11.6 Å². The molecular formula is C19H20F2N2O3. The van der Waals surface area contributed by atoms with Crippen LogP contribution in [0.3, 0.4) is 0 Å². The van der Waals surface area contributed by atoms with Crippen LogP contribution in [-0.4, -0.2) is 48.3 Å². The number of hydrogen-bond acceptors (Lipinski definition) is 4. The maximum Gasteiger partial charge on any atom is 0.254 e. The van der Waals surface area contributed by atoms with Crippen LogP contribution in [0.2, 0.25) is 0 Å². The first-order valence-electron chi connectivity index (χ1n) is 8.39. The van der Waals surface area contributed by atoms with Gasteiger partial charge in [-0.1, -0.05) is 12.1 Å². The number of carbonyl (C=O) groups is 1. The van der Waals surface area contributed by atoms with Crippen molar-refractivity contribution in [2.45, 2.75) is 12.5 Å². The first kappa shape index (κ1) is 18.3. The third-order valence-electron chi connectivity index (χ3n) is 4.40. The van der Waals surface area contributed by atoms with E-state index in [0.717, 1.165) is 12.1 Å². The van der Waals surface area contributed by atoms with E-state index in [9.17, 15) is 18.7 Å². The summed E-state index contributed by atoms with van der Waals surface area (Å²) in [6.07, 6.45) is 0.633. The Hall–Kier alpha value is -2.51. The monoisotopic (exact) mass is 362 g/mol. The number of morpholine rings is 1. The fraction of sp³-hybridized carbons (Fsp3) is 0.316. The summed E-state index contributed by atoms with van der Waals surface area (Å²) in [5.41, 5.74) is 6.67. The van der Waals surface area contributed by atoms with Gasteiger partial charge in [0.2, 0.25) is 0 Å². The molecule has 2 aromatic carbocycles. The molecule has 1 aliphatic rings. The highest BCUT2D eigenvalue weighted by Gasteiger charge is 2.24. The van der Waals surface area contributed by atoms with Gasteiger partial charge in [-0.2, -0.15) is 0 Å². The first-order valence-corrected chi connectivity index (χ1v) is 8.39. The largest absolute Gasteiger partial charge is 0.507 e. The zero-order valence-electron chi connectivity index (χ0n) is 14.1. The Morgan fingerprint density at radius 3 is 2.62 bits per heavy atom. The van der Waals surface area contributed by atoms with E-state index in [0.29, 0.717) is 43.8 Å². The van der Waals surface area contributed by atoms with Gasteiger partial charge >= 0.3 is 0 Å². The molecule has 2 aromatic rings. The van der Waals surface area contributed by atoms with Crippen molar-refractivity contribution in [3.63, 3.8) is 0 Å². The van der Waals surface area contributed by atoms with Crippen LogP contribution >= 0.6 is 0 Å². The number of halogens is 2. The molecule has 0 saturated carbocycles. The summed E-state index contributed by atoms with van der Waals surface area (Å²) in [5.74, 6) is -2.65. The van der Waals surface area contributed by atoms with Crippen molar-refractivity contribution >= 4 is 5.91 Å². The SMILES string of the molecule is NCCC1CN(C(=O)c2ccc(-c3cc(F)c(F)cc3O)cc2)CCO1. The molecule has 1 saturated heterocycles. The number of benzene rings is 2. The van der Waals surface area contributed by atoms with Crippen LogP contribution < -0.4 is 5.73 Å². The first-order chi connectivity index (χ1) is 12.5. The van der Waals surface area contributed by atoms with Gasteiger partial charge in [0.25, 0.3) is 5.91 Å². The highest BCUT2D eigenvalue weighted by molar-refractivity contribution is 5.95. The average molecular weight is 362 g/mol. The van der Waals surface area contributed by atoms with Gasteiger partial charge in [0.15, 0.2) is 11.6 Å². The van der Waals surface area contributed by atoms with Crippen LogP contribution in [-0.2, 0) is 4.74 Å². The van der Waals surface area contributed by atoms with E-state index in [1.54, 1.807) is 29.2 Å². The minimum atomic E-state index is -1.11. The molecule has 138 valence electrons. The molecule has 1 heterocycles. The minimum absolute atomic E-state index is 0.0592. The number of phenolic OH excluding ortho intramolecular Hbond substituents is 1. The normalized spacial score (nSPS) is 17.3. The number of nitrogens with zero attached hydrogens (tertiary/aromatic N) is 1. The molecule has 0 spiro atoms. The molecule has 1 atom stereocenters. The van der Waals surface area contributed by atoms with Crippen molar-refractivity contribution in [1.29, 1.82) is 0 Å². The van der Waals surface area contributed by atoms with Crippen LogP contribution in [0.1, 0.15) is 16.8 Å². The average Bonchev–Trinajstić information content (AvgIpc) is 2.65. The number of ether oxygens (including phenoxy) is 1. The molecule has 1 aliphatic heterocycles. The van der Waals surface area contributed by atoms with E-state index in [1.807, 2.05) is 0 Å². The molecule has 0 bridgehead atoms. The Morgan fingerprint density at radius 2 is 1.92 bits per heavy atom. The number of carbonyl (C=O) groups excluding carboxylic acids is 1. The van der Waals surface area contributed by atoms with Crippen molar-refractivity contribution in [3.05, 3.63) is 53.6 Å². The van der Waals surface area contributed by atoms with Crippen molar-refractivity contribution in [1.82, 2.24) is 4.90 Å². The second kappa shape index (κ2) is 7.80. The number of phenols is 1. The molecular weight excluding hydrogens is 342 g/mol. The third-order valence-corrected chi connectivity index (χ3v) is 4.40. The summed E-state index contributed by atoms with van der Waals surface area (Å²) in [4.78, 5) is 14.4. The van der Waals surface area contributed by atoms with Crippen molar-refractivity contribution in [2.75, 3.05) is 26.2 Å². The number of amides is 1. The number of rotatable bonds is 4. The van der Waals surface area contributed by atoms with Gasteiger partial charge < -0.3 is 20.5 Å². The number of nitrogens with two attached hydrogens (primary N) is 1. The van der Waals surface area contributed by atoms with E-state index in [2.05, 4.69) is 0 Å². The van der Waals surface area contributed by atoms with Gasteiger partial charge in [-0.25, -0.2) is 8.78 Å². The van der Waals surface area contributed by atoms with Crippen molar-refractivity contribution in [2.24, 2.45) is 5.73 Å². The highest BCUT2D eigenvalue weighted by atomic mass is 19.2. The fourth-order valence-electron chi connectivity index (χ4n) is 3.01. The van der Waals surface area contributed by atoms with Crippen molar-refractivity contribution in [3.8, 4) is 16.9 Å². The standard InChI is InChI=1S/C19H20F2N2O3/c20-16-9-15(18(24)10-17(16)21)12-1-3-13(4-2-12)19(25)23-7-8-26-14(11-23)5-6-22/h1-4,9-10,14,24H,5-8,11,22H2. The molecule has 1 amide bonds. The lowest BCUT2D eigenvalue weighted by Crippen LogP contribution is -2.46. The maximum atomic E-state index is 13.4. The van der Waals surface area contributed by atoms with Crippen LogP contribution in [0.25, 0.3) is 11.1 Å². The molecule has 26 heavy (non-hydrogen) atoms. The minimum Gasteiger partial charge on any atom is -0.507 e. The Labute approximate surface area is 150 Å². The van der Waals surface area contributed by atoms with E-state index in [-0.39, 0.29) is 23.3 Å². The molecule has 0 radical (unpaired) electrons. The molecule has 1 unspecified atom stereocenters. The topological polar surface area (TPSA) is 75.8 Å². The van der Waals surface area contributed by atoms with Gasteiger partial charge in [0.1, 0.15) is 5.75 Å². The Morgan fingerprint density at radius 1 is 1.23 bits per heavy atom. The Kier molecular flexibility index (Phi) is 5.49. The maximum absolute atomic E-state index is 13.4. The summed E-state index contributed by atoms with van der Waals surface area (Å²) >= 11 is 0. The zero-order valence-corrected chi connectivity index (χ0v) is 14.1. The van der Waals surface area contributed by atoms with Crippen molar-refractivity contribution < 1.29 is 23.4 Å². The molecule has 1 fully saturated rings. The van der Waals surface area contributed by atoms with Gasteiger partial charge in [-0.15, -0.1) is 0 Å². The molecule has 5 nitrogen and oxygen atoms in total. The number of hydrogen-bond donors (Lipinski definition) is 2. The predicted molar refractivity (Wildman–Crippen MR) is 92.8 cm³/mol. The Bertz CT molecular complexity index is 794. The van der Waals surface area contributed by atoms with E-state index in [4.69, 9.17) is 10.5 Å². The summed E-state index contributed by atoms with van der Waals surface area (Å²) in [7, 11) is 0. The predicted octanol–water partition coefficient (Wildman–Crippen LogP) is 2.53. The lowest BCUT2D eigenvalue weighted by molar-refractivity contribution is -0.0236. The smallest absolute Gasteiger partial charge is 0.254 e. The molecule has 3 N–H and O–H groups in total.